The molecule has 3 nitrogen and oxygen atoms in total. The van der Waals surface area contributed by atoms with Crippen LogP contribution >= 0.6 is 0 Å². The van der Waals surface area contributed by atoms with Crippen molar-refractivity contribution in [1.82, 2.24) is 0 Å². The molecule has 0 heterocycles. The molecular weight excluding hydrogens is 424 g/mol. The van der Waals surface area contributed by atoms with E-state index in [0.717, 1.165) is 31.6 Å². The summed E-state index contributed by atoms with van der Waals surface area (Å²) < 4.78 is 18.9. The third-order valence-electron chi connectivity index (χ3n) is 10.7. The molecule has 4 heteroatoms. The lowest BCUT2D eigenvalue weighted by molar-refractivity contribution is -0.213. The van der Waals surface area contributed by atoms with E-state index in [1.165, 1.54) is 25.7 Å². The van der Waals surface area contributed by atoms with Gasteiger partial charge in [-0.25, -0.2) is 0 Å². The summed E-state index contributed by atoms with van der Waals surface area (Å²) in [5.74, 6) is 9.13. The van der Waals surface area contributed by atoms with Crippen molar-refractivity contribution < 1.29 is 13.9 Å². The summed E-state index contributed by atoms with van der Waals surface area (Å²) in [5.41, 5.74) is 3.63. The predicted molar refractivity (Wildman–Crippen MR) is 138 cm³/mol. The Bertz CT molecular complexity index is 837. The van der Waals surface area contributed by atoms with Crippen LogP contribution in [0.15, 0.2) is 11.1 Å². The van der Waals surface area contributed by atoms with Gasteiger partial charge in [0.25, 0.3) is 0 Å². The van der Waals surface area contributed by atoms with E-state index >= 15 is 0 Å². The maximum absolute atomic E-state index is 7.13. The van der Waals surface area contributed by atoms with Gasteiger partial charge in [-0.15, -0.1) is 5.92 Å². The highest BCUT2D eigenvalue weighted by Gasteiger charge is 2.59. The first kappa shape index (κ1) is 25.5. The number of fused-ring (bicyclic) bond motifs is 4. The number of allylic oxidation sites excluding steroid dienone is 1. The van der Waals surface area contributed by atoms with Crippen LogP contribution in [0.25, 0.3) is 0 Å². The lowest BCUT2D eigenvalue weighted by Crippen LogP contribution is -2.52. The molecule has 186 valence electrons. The molecule has 4 aliphatic carbocycles. The lowest BCUT2D eigenvalue weighted by Gasteiger charge is -2.55. The van der Waals surface area contributed by atoms with Crippen molar-refractivity contribution in [2.24, 2.45) is 29.1 Å². The average molecular weight is 473 g/mol. The van der Waals surface area contributed by atoms with E-state index in [-0.39, 0.29) is 5.04 Å². The quantitative estimate of drug-likeness (QED) is 0.185. The Morgan fingerprint density at radius 1 is 1.03 bits per heavy atom. The maximum Gasteiger partial charge on any atom is 0.192 e. The van der Waals surface area contributed by atoms with E-state index in [9.17, 15) is 0 Å². The van der Waals surface area contributed by atoms with Crippen molar-refractivity contribution in [1.29, 1.82) is 0 Å². The highest BCUT2D eigenvalue weighted by atomic mass is 28.4. The summed E-state index contributed by atoms with van der Waals surface area (Å²) in [6.45, 7) is 16.6. The van der Waals surface area contributed by atoms with Crippen LogP contribution in [0.1, 0.15) is 86.0 Å². The van der Waals surface area contributed by atoms with E-state index < -0.39 is 14.1 Å². The third kappa shape index (κ3) is 4.20. The molecular formula is C29H48O3Si. The first-order valence-electron chi connectivity index (χ1n) is 13.3. The molecule has 0 amide bonds. The first-order valence-corrected chi connectivity index (χ1v) is 16.2. The van der Waals surface area contributed by atoms with Crippen LogP contribution in [0.3, 0.4) is 0 Å². The van der Waals surface area contributed by atoms with Crippen molar-refractivity contribution in [3.8, 4) is 11.8 Å². The highest BCUT2D eigenvalue weighted by Crippen LogP contribution is 2.64. The van der Waals surface area contributed by atoms with Gasteiger partial charge < -0.3 is 13.9 Å². The van der Waals surface area contributed by atoms with Crippen LogP contribution in [-0.2, 0) is 13.9 Å². The summed E-state index contributed by atoms with van der Waals surface area (Å²) in [7, 11) is 1.82. The second-order valence-electron chi connectivity index (χ2n) is 13.1. The molecule has 0 aromatic rings. The molecule has 4 aliphatic rings. The van der Waals surface area contributed by atoms with Gasteiger partial charge >= 0.3 is 0 Å². The van der Waals surface area contributed by atoms with E-state index in [1.807, 2.05) is 6.92 Å². The topological polar surface area (TPSA) is 27.7 Å². The van der Waals surface area contributed by atoms with Gasteiger partial charge in [0.1, 0.15) is 0 Å². The molecule has 0 saturated heterocycles. The molecule has 2 fully saturated rings. The van der Waals surface area contributed by atoms with Crippen molar-refractivity contribution in [3.63, 3.8) is 0 Å². The molecule has 0 spiro atoms. The zero-order chi connectivity index (χ0) is 24.2. The fourth-order valence-corrected chi connectivity index (χ4v) is 9.14. The Labute approximate surface area is 204 Å². The van der Waals surface area contributed by atoms with Crippen LogP contribution in [0.2, 0.25) is 18.1 Å². The van der Waals surface area contributed by atoms with Crippen LogP contribution in [-0.4, -0.2) is 34.4 Å². The normalized spacial score (nSPS) is 38.2. The van der Waals surface area contributed by atoms with Gasteiger partial charge in [0.05, 0.1) is 6.10 Å². The van der Waals surface area contributed by atoms with E-state index in [4.69, 9.17) is 13.9 Å². The predicted octanol–water partition coefficient (Wildman–Crippen LogP) is 7.33. The second kappa shape index (κ2) is 8.81. The van der Waals surface area contributed by atoms with Crippen LogP contribution in [0.4, 0.5) is 0 Å². The summed E-state index contributed by atoms with van der Waals surface area (Å²) in [5, 5.41) is 0.261. The summed E-state index contributed by atoms with van der Waals surface area (Å²) >= 11 is 0. The van der Waals surface area contributed by atoms with E-state index in [2.05, 4.69) is 52.6 Å². The Morgan fingerprint density at radius 2 is 1.73 bits per heavy atom. The molecule has 0 unspecified atom stereocenters. The SMILES string of the molecule is CC#C[C@@H]1CC2=C(CCC(OC)(OC)C2)[C@H]2CC[C@]3(C)[C@@H](O[Si](C)(C)C(C)(C)C)CC[C@H]3[C@H]12. The third-order valence-corrected chi connectivity index (χ3v) is 15.1. The number of rotatable bonds is 4. The monoisotopic (exact) mass is 472 g/mol. The molecule has 33 heavy (non-hydrogen) atoms. The van der Waals surface area contributed by atoms with Gasteiger partial charge in [-0.3, -0.25) is 0 Å². The highest BCUT2D eigenvalue weighted by molar-refractivity contribution is 6.74. The fraction of sp³-hybridized carbons (Fsp3) is 0.862. The summed E-state index contributed by atoms with van der Waals surface area (Å²) in [4.78, 5) is 0. The number of hydrogen-bond acceptors (Lipinski definition) is 3. The molecule has 0 aliphatic heterocycles. The molecule has 6 atom stereocenters. The Kier molecular flexibility index (Phi) is 6.80. The summed E-state index contributed by atoms with van der Waals surface area (Å²) in [6.07, 6.45) is 9.65. The standard InChI is InChI=1S/C29H48O3Si/c1-10-11-20-18-21-19-29(30-6,31-7)17-15-22(21)23-14-16-28(5)24(26(20)23)12-13-25(28)32-33(8,9)27(2,3)4/h20,23-26H,12-19H2,1-9H3/t20-,23-,24+,25+,26-,28+/m1/s1. The van der Waals surface area contributed by atoms with Crippen LogP contribution < -0.4 is 0 Å². The zero-order valence-corrected chi connectivity index (χ0v) is 23.8. The van der Waals surface area contributed by atoms with Gasteiger partial charge in [-0.05, 0) is 86.7 Å². The number of methoxy groups -OCH3 is 2. The minimum absolute atomic E-state index is 0.261. The Balaban J connectivity index is 1.64. The molecule has 0 N–H and O–H groups in total. The largest absolute Gasteiger partial charge is 0.413 e. The van der Waals surface area contributed by atoms with E-state index in [1.54, 1.807) is 25.4 Å². The van der Waals surface area contributed by atoms with Gasteiger partial charge in [0.15, 0.2) is 14.1 Å². The van der Waals surface area contributed by atoms with Crippen LogP contribution in [0, 0.1) is 40.9 Å². The number of ether oxygens (including phenoxy) is 2. The second-order valence-corrected chi connectivity index (χ2v) is 17.9. The Hall–Kier alpha value is -0.603. The lowest BCUT2D eigenvalue weighted by atomic mass is 9.51. The van der Waals surface area contributed by atoms with E-state index in [0.29, 0.717) is 29.3 Å². The molecule has 0 aromatic carbocycles. The van der Waals surface area contributed by atoms with Crippen molar-refractivity contribution in [3.05, 3.63) is 11.1 Å². The average Bonchev–Trinajstić information content (AvgIpc) is 3.08. The van der Waals surface area contributed by atoms with Crippen LogP contribution in [0.5, 0.6) is 0 Å². The Morgan fingerprint density at radius 3 is 2.33 bits per heavy atom. The van der Waals surface area contributed by atoms with Gasteiger partial charge in [0, 0.05) is 33.0 Å². The summed E-state index contributed by atoms with van der Waals surface area (Å²) in [6, 6.07) is 0. The molecule has 0 bridgehead atoms. The zero-order valence-electron chi connectivity index (χ0n) is 22.8. The van der Waals surface area contributed by atoms with Crippen molar-refractivity contribution in [2.75, 3.05) is 14.2 Å². The fourth-order valence-electron chi connectivity index (χ4n) is 7.69. The van der Waals surface area contributed by atoms with Gasteiger partial charge in [0.2, 0.25) is 0 Å². The maximum atomic E-state index is 7.13. The van der Waals surface area contributed by atoms with Gasteiger partial charge in [-0.2, -0.15) is 0 Å². The molecule has 2 saturated carbocycles. The molecule has 4 rings (SSSR count). The minimum atomic E-state index is -1.79. The number of hydrogen-bond donors (Lipinski definition) is 0. The molecule has 0 radical (unpaired) electrons. The smallest absolute Gasteiger partial charge is 0.192 e. The first-order chi connectivity index (χ1) is 15.4. The molecule has 0 aromatic heterocycles. The van der Waals surface area contributed by atoms with Crippen molar-refractivity contribution in [2.45, 2.75) is 116 Å². The van der Waals surface area contributed by atoms with Gasteiger partial charge in [-0.1, -0.05) is 44.8 Å². The minimum Gasteiger partial charge on any atom is -0.413 e. The van der Waals surface area contributed by atoms with Crippen molar-refractivity contribution >= 4 is 8.32 Å².